The Hall–Kier alpha value is -3.69. The van der Waals surface area contributed by atoms with E-state index in [-0.39, 0.29) is 37.0 Å². The molecule has 1 aliphatic carbocycles. The molecule has 10 heteroatoms. The molecule has 1 atom stereocenters. The van der Waals surface area contributed by atoms with Crippen molar-refractivity contribution >= 4 is 29.8 Å². The van der Waals surface area contributed by atoms with E-state index < -0.39 is 6.09 Å². The summed E-state index contributed by atoms with van der Waals surface area (Å²) in [5, 5.41) is 17.7. The van der Waals surface area contributed by atoms with Gasteiger partial charge in [-0.15, -0.1) is 0 Å². The van der Waals surface area contributed by atoms with E-state index in [0.29, 0.717) is 34.7 Å². The van der Waals surface area contributed by atoms with E-state index in [1.165, 1.54) is 11.1 Å². The van der Waals surface area contributed by atoms with Crippen LogP contribution in [0.5, 0.6) is 0 Å². The summed E-state index contributed by atoms with van der Waals surface area (Å²) in [5.41, 5.74) is 2.87. The maximum Gasteiger partial charge on any atom is 0.408 e. The van der Waals surface area contributed by atoms with Gasteiger partial charge >= 0.3 is 6.09 Å². The van der Waals surface area contributed by atoms with Crippen LogP contribution in [0.25, 0.3) is 11.3 Å². The Morgan fingerprint density at radius 1 is 1.31 bits per heavy atom. The maximum absolute atomic E-state index is 13.0. The van der Waals surface area contributed by atoms with Gasteiger partial charge in [-0.2, -0.15) is 5.10 Å². The molecule has 0 saturated heterocycles. The quantitative estimate of drug-likeness (QED) is 0.572. The summed E-state index contributed by atoms with van der Waals surface area (Å²) < 4.78 is 6.53. The number of anilines is 1. The first-order valence-corrected chi connectivity index (χ1v) is 10.7. The number of hydrogen-bond acceptors (Lipinski definition) is 6. The largest absolute Gasteiger partial charge is 0.450 e. The number of ether oxygens (including phenoxy) is 1. The van der Waals surface area contributed by atoms with Crippen LogP contribution in [0.15, 0.2) is 24.3 Å². The minimum atomic E-state index is -0.574. The lowest BCUT2D eigenvalue weighted by Crippen LogP contribution is -2.47. The van der Waals surface area contributed by atoms with Gasteiger partial charge in [-0.25, -0.2) is 4.79 Å². The number of carbonyl (C=O) groups excluding carboxylic acids is 3. The molecule has 3 amide bonds. The van der Waals surface area contributed by atoms with E-state index in [9.17, 15) is 14.4 Å². The molecule has 2 heterocycles. The Labute approximate surface area is 185 Å². The van der Waals surface area contributed by atoms with Crippen LogP contribution in [0.4, 0.5) is 10.5 Å². The summed E-state index contributed by atoms with van der Waals surface area (Å²) in [4.78, 5) is 38.5. The Morgan fingerprint density at radius 2 is 2.09 bits per heavy atom. The van der Waals surface area contributed by atoms with Gasteiger partial charge in [-0.1, -0.05) is 6.07 Å². The van der Waals surface area contributed by atoms with Crippen molar-refractivity contribution < 1.29 is 19.1 Å². The number of nitrogens with zero attached hydrogens (tertiary/aromatic N) is 3. The number of carbonyl (C=O) groups is 3. The van der Waals surface area contributed by atoms with Gasteiger partial charge in [0, 0.05) is 24.2 Å². The molecule has 0 spiro atoms. The summed E-state index contributed by atoms with van der Waals surface area (Å²) in [6.45, 7) is 4.33. The molecule has 32 heavy (non-hydrogen) atoms. The van der Waals surface area contributed by atoms with E-state index >= 15 is 0 Å². The fourth-order valence-electron chi connectivity index (χ4n) is 3.70. The normalized spacial score (nSPS) is 17.5. The predicted molar refractivity (Wildman–Crippen MR) is 118 cm³/mol. The molecule has 2 aliphatic rings. The molecule has 1 aromatic heterocycles. The van der Waals surface area contributed by atoms with Crippen molar-refractivity contribution in [3.63, 3.8) is 0 Å². The molecule has 168 valence electrons. The van der Waals surface area contributed by atoms with E-state index in [2.05, 4.69) is 15.7 Å². The summed E-state index contributed by atoms with van der Waals surface area (Å²) in [7, 11) is 0. The molecule has 3 N–H and O–H groups in total. The molecule has 0 bridgehead atoms. The van der Waals surface area contributed by atoms with Crippen molar-refractivity contribution in [2.24, 2.45) is 5.92 Å². The van der Waals surface area contributed by atoms with Gasteiger partial charge in [0.05, 0.1) is 30.7 Å². The highest BCUT2D eigenvalue weighted by Crippen LogP contribution is 2.34. The summed E-state index contributed by atoms with van der Waals surface area (Å²) in [6.07, 6.45) is 2.40. The second-order valence-electron chi connectivity index (χ2n) is 8.00. The van der Waals surface area contributed by atoms with Crippen LogP contribution >= 0.6 is 0 Å². The molecular weight excluding hydrogens is 412 g/mol. The highest BCUT2D eigenvalue weighted by molar-refractivity contribution is 6.00. The zero-order valence-electron chi connectivity index (χ0n) is 18.1. The van der Waals surface area contributed by atoms with Crippen LogP contribution in [0.3, 0.4) is 0 Å². The summed E-state index contributed by atoms with van der Waals surface area (Å²) >= 11 is 0. The van der Waals surface area contributed by atoms with Gasteiger partial charge < -0.3 is 25.7 Å². The van der Waals surface area contributed by atoms with Crippen molar-refractivity contribution in [3.8, 4) is 11.3 Å². The molecule has 2 aromatic rings. The molecule has 1 aromatic carbocycles. The summed E-state index contributed by atoms with van der Waals surface area (Å²) in [6, 6.07) is 6.90. The SMILES string of the molecule is CCOC(=O)NCN1C[C@H](C)n2nc(-c3ccc(C=N)cc3NC(=O)C3CC3)cc2C1=O. The standard InChI is InChI=1S/C22H26N6O4/c1-3-32-22(31)24-12-27-11-13(2)28-19(21(27)30)9-18(26-28)16-7-4-14(10-23)8-17(16)25-20(29)15-5-6-15/h4,7-10,13,15,23H,3,5-6,11-12H2,1-2H3,(H,24,31)(H,25,29)/t13-/m0/s1. The second-order valence-corrected chi connectivity index (χ2v) is 8.00. The smallest absolute Gasteiger partial charge is 0.408 e. The van der Waals surface area contributed by atoms with Crippen LogP contribution in [-0.2, 0) is 9.53 Å². The van der Waals surface area contributed by atoms with Crippen LogP contribution < -0.4 is 10.6 Å². The Morgan fingerprint density at radius 3 is 2.78 bits per heavy atom. The molecule has 10 nitrogen and oxygen atoms in total. The zero-order valence-corrected chi connectivity index (χ0v) is 18.1. The number of nitrogens with one attached hydrogen (secondary N) is 3. The molecule has 4 rings (SSSR count). The topological polar surface area (TPSA) is 129 Å². The fraction of sp³-hybridized carbons (Fsp3) is 0.409. The lowest BCUT2D eigenvalue weighted by molar-refractivity contribution is -0.117. The van der Waals surface area contributed by atoms with Gasteiger partial charge in [-0.3, -0.25) is 14.3 Å². The minimum Gasteiger partial charge on any atom is -0.450 e. The number of hydrogen-bond donors (Lipinski definition) is 3. The third kappa shape index (κ3) is 4.34. The second kappa shape index (κ2) is 8.81. The number of alkyl carbamates (subject to hydrolysis) is 1. The number of aromatic nitrogens is 2. The predicted octanol–water partition coefficient (Wildman–Crippen LogP) is 2.62. The first kappa shape index (κ1) is 21.5. The van der Waals surface area contributed by atoms with E-state index in [1.807, 2.05) is 6.92 Å². The maximum atomic E-state index is 13.0. The summed E-state index contributed by atoms with van der Waals surface area (Å²) in [5.74, 6) is -0.264. The van der Waals surface area contributed by atoms with Crippen LogP contribution in [-0.4, -0.2) is 58.6 Å². The van der Waals surface area contributed by atoms with Gasteiger partial charge in [0.2, 0.25) is 5.91 Å². The molecule has 1 fully saturated rings. The molecule has 1 aliphatic heterocycles. The van der Waals surface area contributed by atoms with E-state index in [0.717, 1.165) is 12.8 Å². The monoisotopic (exact) mass is 438 g/mol. The first-order chi connectivity index (χ1) is 15.4. The van der Waals surface area contributed by atoms with E-state index in [1.54, 1.807) is 35.9 Å². The lowest BCUT2D eigenvalue weighted by atomic mass is 10.1. The van der Waals surface area contributed by atoms with Crippen molar-refractivity contribution in [2.75, 3.05) is 25.1 Å². The Kier molecular flexibility index (Phi) is 5.93. The Balaban J connectivity index is 1.61. The third-order valence-corrected chi connectivity index (χ3v) is 5.53. The average Bonchev–Trinajstić information content (AvgIpc) is 3.54. The molecular formula is C22H26N6O4. The van der Waals surface area contributed by atoms with Gasteiger partial charge in [0.25, 0.3) is 5.91 Å². The van der Waals surface area contributed by atoms with E-state index in [4.69, 9.17) is 10.1 Å². The van der Waals surface area contributed by atoms with Crippen molar-refractivity contribution in [3.05, 3.63) is 35.5 Å². The fourth-order valence-corrected chi connectivity index (χ4v) is 3.70. The minimum absolute atomic E-state index is 0.0312. The highest BCUT2D eigenvalue weighted by Gasteiger charge is 2.33. The number of benzene rings is 1. The number of amides is 3. The molecule has 1 saturated carbocycles. The molecule has 0 radical (unpaired) electrons. The van der Waals surface area contributed by atoms with Gasteiger partial charge in [0.1, 0.15) is 5.69 Å². The van der Waals surface area contributed by atoms with Gasteiger partial charge in [0.15, 0.2) is 0 Å². The zero-order chi connectivity index (χ0) is 22.8. The number of rotatable bonds is 7. The van der Waals surface area contributed by atoms with Crippen molar-refractivity contribution in [1.82, 2.24) is 20.0 Å². The van der Waals surface area contributed by atoms with Crippen LogP contribution in [0, 0.1) is 11.3 Å². The van der Waals surface area contributed by atoms with Crippen LogP contribution in [0.2, 0.25) is 0 Å². The van der Waals surface area contributed by atoms with Crippen molar-refractivity contribution in [1.29, 1.82) is 5.41 Å². The average molecular weight is 438 g/mol. The first-order valence-electron chi connectivity index (χ1n) is 10.7. The van der Waals surface area contributed by atoms with Crippen molar-refractivity contribution in [2.45, 2.75) is 32.7 Å². The Bertz CT molecular complexity index is 1070. The molecule has 0 unspecified atom stereocenters. The third-order valence-electron chi connectivity index (χ3n) is 5.53. The van der Waals surface area contributed by atoms with Crippen LogP contribution in [0.1, 0.15) is 48.8 Å². The van der Waals surface area contributed by atoms with Gasteiger partial charge in [-0.05, 0) is 50.5 Å². The number of fused-ring (bicyclic) bond motifs is 1. The lowest BCUT2D eigenvalue weighted by Gasteiger charge is -2.31. The highest BCUT2D eigenvalue weighted by atomic mass is 16.5.